The Hall–Kier alpha value is -4.21. The highest BCUT2D eigenvalue weighted by Gasteiger charge is 2.58. The van der Waals surface area contributed by atoms with E-state index in [9.17, 15) is 10.1 Å². The third-order valence-electron chi connectivity index (χ3n) is 7.61. The fourth-order valence-electron chi connectivity index (χ4n) is 5.56. The molecule has 0 spiro atoms. The maximum Gasteiger partial charge on any atom is 0.408 e. The van der Waals surface area contributed by atoms with Crippen LogP contribution in [0.25, 0.3) is 16.8 Å². The number of amides is 1. The number of ether oxygens (including phenoxy) is 2. The van der Waals surface area contributed by atoms with Crippen LogP contribution in [0, 0.1) is 17.2 Å². The lowest BCUT2D eigenvalue weighted by Gasteiger charge is -2.61. The van der Waals surface area contributed by atoms with E-state index in [2.05, 4.69) is 32.0 Å². The van der Waals surface area contributed by atoms with Crippen molar-refractivity contribution in [2.24, 2.45) is 5.92 Å². The summed E-state index contributed by atoms with van der Waals surface area (Å²) < 4.78 is 27.8. The summed E-state index contributed by atoms with van der Waals surface area (Å²) in [6, 6.07) is 12.4. The smallest absolute Gasteiger partial charge is 0.408 e. The highest BCUT2D eigenvalue weighted by Crippen LogP contribution is 2.57. The highest BCUT2D eigenvalue weighted by atomic mass is 35.5. The van der Waals surface area contributed by atoms with Gasteiger partial charge in [-0.25, -0.2) is 18.7 Å². The standard InChI is InChI=1S/C26H22ClFN8O3/c27-20-6-18-24(30-17(11-36(18)35-20)15-3-1-2-13(4-15)10-29)31-21-5-16(33-34-21)23-22(28)19(12-38-23)39-25(37)32-26-7-14(8-26)9-26/h1-6,11,14,19,22-23H,7-9,12H2,(H,32,37)(H2,30,31,33,34)/t14?,19-,22+,23-,26?/m0/s1. The van der Waals surface area contributed by atoms with Gasteiger partial charge in [0, 0.05) is 23.2 Å². The molecule has 1 saturated heterocycles. The van der Waals surface area contributed by atoms with E-state index in [1.165, 1.54) is 0 Å². The van der Waals surface area contributed by atoms with E-state index in [0.29, 0.717) is 40.0 Å². The Kier molecular flexibility index (Phi) is 5.47. The molecule has 1 amide bonds. The molecule has 0 unspecified atom stereocenters. The number of nitrogens with zero attached hydrogens (tertiary/aromatic N) is 5. The van der Waals surface area contributed by atoms with Crippen molar-refractivity contribution in [3.05, 3.63) is 59.0 Å². The predicted molar refractivity (Wildman–Crippen MR) is 137 cm³/mol. The lowest BCUT2D eigenvalue weighted by Crippen LogP contribution is -2.68. The number of anilines is 2. The first-order valence-electron chi connectivity index (χ1n) is 12.5. The summed E-state index contributed by atoms with van der Waals surface area (Å²) in [7, 11) is 0. The molecule has 39 heavy (non-hydrogen) atoms. The summed E-state index contributed by atoms with van der Waals surface area (Å²) in [4.78, 5) is 17.0. The molecule has 4 aromatic rings. The minimum Gasteiger partial charge on any atom is -0.441 e. The zero-order valence-electron chi connectivity index (χ0n) is 20.4. The molecule has 13 heteroatoms. The number of alkyl carbamates (subject to hydrolysis) is 1. The van der Waals surface area contributed by atoms with Crippen LogP contribution < -0.4 is 10.6 Å². The number of rotatable bonds is 6. The molecule has 3 saturated carbocycles. The number of alkyl halides is 1. The molecule has 3 aliphatic carbocycles. The maximum absolute atomic E-state index is 15.2. The summed E-state index contributed by atoms with van der Waals surface area (Å²) in [5.74, 6) is 1.47. The number of hydrogen-bond donors (Lipinski definition) is 3. The van der Waals surface area contributed by atoms with E-state index in [4.69, 9.17) is 26.1 Å². The molecule has 4 heterocycles. The molecule has 4 fully saturated rings. The van der Waals surface area contributed by atoms with Crippen molar-refractivity contribution in [1.29, 1.82) is 5.26 Å². The Bertz CT molecular complexity index is 1630. The van der Waals surface area contributed by atoms with Crippen LogP contribution in [0.4, 0.5) is 20.8 Å². The van der Waals surface area contributed by atoms with Crippen molar-refractivity contribution in [1.82, 2.24) is 30.1 Å². The molecule has 3 aromatic heterocycles. The van der Waals surface area contributed by atoms with E-state index < -0.39 is 24.5 Å². The number of carbonyl (C=O) groups excluding carboxylic acids is 1. The first-order valence-corrected chi connectivity index (χ1v) is 12.9. The van der Waals surface area contributed by atoms with Crippen molar-refractivity contribution in [3.63, 3.8) is 0 Å². The summed E-state index contributed by atoms with van der Waals surface area (Å²) in [6.45, 7) is -0.0586. The quantitative estimate of drug-likeness (QED) is 0.321. The zero-order valence-corrected chi connectivity index (χ0v) is 21.2. The van der Waals surface area contributed by atoms with E-state index in [1.807, 2.05) is 6.07 Å². The number of carbonyl (C=O) groups is 1. The average molecular weight is 549 g/mol. The lowest BCUT2D eigenvalue weighted by molar-refractivity contribution is -0.0528. The molecule has 1 aromatic carbocycles. The number of benzene rings is 1. The Morgan fingerprint density at radius 3 is 2.92 bits per heavy atom. The number of halogens is 2. The van der Waals surface area contributed by atoms with Crippen molar-refractivity contribution in [2.75, 3.05) is 11.9 Å². The van der Waals surface area contributed by atoms with Gasteiger partial charge in [0.05, 0.1) is 35.8 Å². The monoisotopic (exact) mass is 548 g/mol. The minimum absolute atomic E-state index is 0.0586. The number of hydrogen-bond acceptors (Lipinski definition) is 8. The van der Waals surface area contributed by atoms with Gasteiger partial charge in [-0.2, -0.15) is 15.5 Å². The van der Waals surface area contributed by atoms with Crippen molar-refractivity contribution < 1.29 is 18.7 Å². The van der Waals surface area contributed by atoms with Crippen LogP contribution in [-0.2, 0) is 9.47 Å². The molecular formula is C26H22ClFN8O3. The molecule has 3 N–H and O–H groups in total. The van der Waals surface area contributed by atoms with E-state index in [1.54, 1.807) is 41.0 Å². The molecule has 8 rings (SSSR count). The van der Waals surface area contributed by atoms with Gasteiger partial charge in [-0.1, -0.05) is 23.7 Å². The Morgan fingerprint density at radius 1 is 1.31 bits per heavy atom. The first-order chi connectivity index (χ1) is 18.9. The molecule has 1 aliphatic heterocycles. The van der Waals surface area contributed by atoms with Crippen LogP contribution in [0.2, 0.25) is 5.15 Å². The van der Waals surface area contributed by atoms with Gasteiger partial charge in [-0.3, -0.25) is 5.10 Å². The molecule has 3 atom stereocenters. The lowest BCUT2D eigenvalue weighted by atomic mass is 9.50. The average Bonchev–Trinajstić information content (AvgIpc) is 3.59. The van der Waals surface area contributed by atoms with E-state index in [-0.39, 0.29) is 17.3 Å². The second-order valence-corrected chi connectivity index (χ2v) is 10.7. The first kappa shape index (κ1) is 23.9. The van der Waals surface area contributed by atoms with Gasteiger partial charge >= 0.3 is 6.09 Å². The summed E-state index contributed by atoms with van der Waals surface area (Å²) >= 11 is 6.16. The minimum atomic E-state index is -1.56. The molecule has 2 bridgehead atoms. The molecule has 198 valence electrons. The van der Waals surface area contributed by atoms with Gasteiger partial charge in [0.1, 0.15) is 11.6 Å². The van der Waals surface area contributed by atoms with Gasteiger partial charge < -0.3 is 20.1 Å². The number of H-pyrrole nitrogens is 1. The fourth-order valence-corrected chi connectivity index (χ4v) is 5.75. The van der Waals surface area contributed by atoms with E-state index >= 15 is 4.39 Å². The number of aromatic amines is 1. The fraction of sp³-hybridized carbons (Fsp3) is 0.346. The van der Waals surface area contributed by atoms with Gasteiger partial charge in [-0.15, -0.1) is 0 Å². The van der Waals surface area contributed by atoms with Crippen molar-refractivity contribution in [3.8, 4) is 17.3 Å². The second kappa shape index (κ2) is 8.93. The third-order valence-corrected chi connectivity index (χ3v) is 7.80. The number of nitrogens with one attached hydrogen (secondary N) is 3. The van der Waals surface area contributed by atoms with Gasteiger partial charge in [0.15, 0.2) is 29.1 Å². The Balaban J connectivity index is 1.08. The van der Waals surface area contributed by atoms with Gasteiger partial charge in [0.2, 0.25) is 0 Å². The van der Waals surface area contributed by atoms with Crippen molar-refractivity contribution >= 4 is 34.8 Å². The van der Waals surface area contributed by atoms with Crippen LogP contribution in [0.5, 0.6) is 0 Å². The Morgan fingerprint density at radius 2 is 2.15 bits per heavy atom. The van der Waals surface area contributed by atoms with Crippen LogP contribution in [0.3, 0.4) is 0 Å². The van der Waals surface area contributed by atoms with Crippen LogP contribution >= 0.6 is 11.6 Å². The molecule has 0 radical (unpaired) electrons. The van der Waals surface area contributed by atoms with Gasteiger partial charge in [0.25, 0.3) is 0 Å². The number of aromatic nitrogens is 5. The number of fused-ring (bicyclic) bond motifs is 1. The Labute approximate surface area is 226 Å². The normalized spacial score (nSPS) is 26.9. The van der Waals surface area contributed by atoms with Crippen LogP contribution in [-0.4, -0.2) is 55.3 Å². The molecule has 4 aliphatic rings. The topological polar surface area (TPSA) is 142 Å². The molecule has 11 nitrogen and oxygen atoms in total. The highest BCUT2D eigenvalue weighted by molar-refractivity contribution is 6.29. The molecular weight excluding hydrogens is 527 g/mol. The maximum atomic E-state index is 15.2. The van der Waals surface area contributed by atoms with Crippen molar-refractivity contribution in [2.45, 2.75) is 43.2 Å². The van der Waals surface area contributed by atoms with E-state index in [0.717, 1.165) is 24.8 Å². The van der Waals surface area contributed by atoms with Crippen LogP contribution in [0.1, 0.15) is 36.6 Å². The van der Waals surface area contributed by atoms with Gasteiger partial charge in [-0.05, 0) is 37.3 Å². The number of nitriles is 1. The SMILES string of the molecule is N#Cc1cccc(-c2cn3nc(Cl)cc3c(Nc3cc([C@@H]4OC[C@H](OC(=O)NC56CC(C5)C6)[C@H]4F)[nH]n3)n2)c1. The second-order valence-electron chi connectivity index (χ2n) is 10.3. The summed E-state index contributed by atoms with van der Waals surface area (Å²) in [5, 5.41) is 26.9. The predicted octanol–water partition coefficient (Wildman–Crippen LogP) is 4.44. The third kappa shape index (κ3) is 4.24. The summed E-state index contributed by atoms with van der Waals surface area (Å²) in [5.41, 5.74) is 2.60. The summed E-state index contributed by atoms with van der Waals surface area (Å²) in [6.07, 6.45) is 0.460. The largest absolute Gasteiger partial charge is 0.441 e. The zero-order chi connectivity index (χ0) is 26.7. The van der Waals surface area contributed by atoms with Crippen LogP contribution in [0.15, 0.2) is 42.6 Å².